The van der Waals surface area contributed by atoms with Crippen molar-refractivity contribution in [1.29, 1.82) is 0 Å². The number of nitrogens with zero attached hydrogens (tertiary/aromatic N) is 2. The van der Waals surface area contributed by atoms with Crippen LogP contribution in [0.1, 0.15) is 42.7 Å². The number of anilines is 3. The summed E-state index contributed by atoms with van der Waals surface area (Å²) in [5.74, 6) is 0. The molecule has 0 bridgehead atoms. The van der Waals surface area contributed by atoms with Gasteiger partial charge >= 0.3 is 0 Å². The monoisotopic (exact) mass is 744 g/mol. The fourth-order valence-electron chi connectivity index (χ4n) is 10.00. The maximum atomic E-state index is 6.74. The largest absolute Gasteiger partial charge is 0.455 e. The first kappa shape index (κ1) is 33.1. The number of furan rings is 1. The molecule has 2 aliphatic rings. The lowest BCUT2D eigenvalue weighted by Crippen LogP contribution is -2.16. The average molecular weight is 745 g/mol. The Bertz CT molecular complexity index is 3310. The lowest BCUT2D eigenvalue weighted by atomic mass is 9.82. The highest BCUT2D eigenvalue weighted by molar-refractivity contribution is 6.11. The minimum absolute atomic E-state index is 0.0930. The van der Waals surface area contributed by atoms with Crippen molar-refractivity contribution < 1.29 is 4.42 Å². The van der Waals surface area contributed by atoms with E-state index in [2.05, 4.69) is 205 Å². The summed E-state index contributed by atoms with van der Waals surface area (Å²) in [6.07, 6.45) is 6.74. The van der Waals surface area contributed by atoms with Gasteiger partial charge in [-0.15, -0.1) is 0 Å². The summed E-state index contributed by atoms with van der Waals surface area (Å²) >= 11 is 0. The minimum atomic E-state index is -0.0930. The summed E-state index contributed by atoms with van der Waals surface area (Å²) in [5.41, 5.74) is 17.7. The molecule has 2 aromatic heterocycles. The first-order valence-electron chi connectivity index (χ1n) is 20.4. The molecule has 0 saturated carbocycles. The number of allylic oxidation sites excluding steroid dienone is 1. The van der Waals surface area contributed by atoms with Gasteiger partial charge in [0, 0.05) is 55.6 Å². The summed E-state index contributed by atoms with van der Waals surface area (Å²) < 4.78 is 9.22. The number of hydrogen-bond acceptors (Lipinski definition) is 2. The molecule has 8 aromatic carbocycles. The topological polar surface area (TPSA) is 21.3 Å². The van der Waals surface area contributed by atoms with Crippen molar-refractivity contribution in [3.63, 3.8) is 0 Å². The molecule has 2 aliphatic carbocycles. The molecule has 276 valence electrons. The van der Waals surface area contributed by atoms with E-state index < -0.39 is 0 Å². The molecular formula is C55H40N2O. The molecule has 0 N–H and O–H groups in total. The molecule has 0 atom stereocenters. The smallest absolute Gasteiger partial charge is 0.143 e. The number of para-hydroxylation sites is 2. The van der Waals surface area contributed by atoms with Crippen LogP contribution in [0.15, 0.2) is 180 Å². The Kier molecular flexibility index (Phi) is 7.10. The number of rotatable bonds is 5. The van der Waals surface area contributed by atoms with Crippen molar-refractivity contribution in [2.75, 3.05) is 4.90 Å². The predicted molar refractivity (Wildman–Crippen MR) is 243 cm³/mol. The van der Waals surface area contributed by atoms with E-state index >= 15 is 0 Å². The summed E-state index contributed by atoms with van der Waals surface area (Å²) in [4.78, 5) is 2.38. The summed E-state index contributed by atoms with van der Waals surface area (Å²) in [6.45, 7) is 4.70. The van der Waals surface area contributed by atoms with E-state index in [4.69, 9.17) is 4.42 Å². The second-order valence-electron chi connectivity index (χ2n) is 16.4. The minimum Gasteiger partial charge on any atom is -0.455 e. The molecule has 0 fully saturated rings. The molecule has 12 rings (SSSR count). The molecule has 0 amide bonds. The van der Waals surface area contributed by atoms with Crippen molar-refractivity contribution >= 4 is 66.8 Å². The van der Waals surface area contributed by atoms with Crippen LogP contribution in [-0.2, 0) is 11.8 Å². The van der Waals surface area contributed by atoms with E-state index in [0.717, 1.165) is 68.7 Å². The number of fused-ring (bicyclic) bond motifs is 10. The first-order chi connectivity index (χ1) is 28.5. The van der Waals surface area contributed by atoms with Crippen molar-refractivity contribution in [3.8, 4) is 27.9 Å². The average Bonchev–Trinajstić information content (AvgIpc) is 3.88. The fraction of sp³-hybridized carbons (Fsp3) is 0.0909. The number of aromatic nitrogens is 1. The van der Waals surface area contributed by atoms with Crippen LogP contribution in [0.5, 0.6) is 0 Å². The Morgan fingerprint density at radius 3 is 2.12 bits per heavy atom. The van der Waals surface area contributed by atoms with Crippen LogP contribution in [0.4, 0.5) is 17.1 Å². The van der Waals surface area contributed by atoms with Crippen LogP contribution in [-0.4, -0.2) is 4.57 Å². The van der Waals surface area contributed by atoms with Crippen LogP contribution < -0.4 is 4.90 Å². The zero-order valence-corrected chi connectivity index (χ0v) is 32.5. The van der Waals surface area contributed by atoms with E-state index in [0.29, 0.717) is 0 Å². The van der Waals surface area contributed by atoms with Crippen LogP contribution in [0.25, 0.3) is 77.6 Å². The second-order valence-corrected chi connectivity index (χ2v) is 16.4. The van der Waals surface area contributed by atoms with Gasteiger partial charge in [-0.3, -0.25) is 0 Å². The lowest BCUT2D eigenvalue weighted by molar-refractivity contribution is 0.660. The Balaban J connectivity index is 1.04. The molecule has 0 spiro atoms. The molecule has 3 nitrogen and oxygen atoms in total. The molecule has 3 heteroatoms. The second kappa shape index (κ2) is 12.4. The summed E-state index contributed by atoms with van der Waals surface area (Å²) in [6, 6.07) is 62.2. The van der Waals surface area contributed by atoms with Crippen LogP contribution >= 0.6 is 0 Å². The van der Waals surface area contributed by atoms with E-state index in [1.165, 1.54) is 55.2 Å². The highest BCUT2D eigenvalue weighted by Gasteiger charge is 2.35. The predicted octanol–water partition coefficient (Wildman–Crippen LogP) is 15.1. The summed E-state index contributed by atoms with van der Waals surface area (Å²) in [5, 5.41) is 6.11. The third kappa shape index (κ3) is 4.86. The molecule has 58 heavy (non-hydrogen) atoms. The zero-order valence-electron chi connectivity index (χ0n) is 32.5. The Morgan fingerprint density at radius 2 is 1.26 bits per heavy atom. The van der Waals surface area contributed by atoms with Gasteiger partial charge in [0.25, 0.3) is 0 Å². The fourth-order valence-corrected chi connectivity index (χ4v) is 10.00. The van der Waals surface area contributed by atoms with Crippen LogP contribution in [0.3, 0.4) is 0 Å². The van der Waals surface area contributed by atoms with Gasteiger partial charge < -0.3 is 13.9 Å². The van der Waals surface area contributed by atoms with E-state index in [-0.39, 0.29) is 5.41 Å². The zero-order chi connectivity index (χ0) is 38.5. The van der Waals surface area contributed by atoms with Crippen molar-refractivity contribution in [2.45, 2.75) is 32.1 Å². The maximum Gasteiger partial charge on any atom is 0.143 e. The van der Waals surface area contributed by atoms with Gasteiger partial charge in [0.15, 0.2) is 0 Å². The number of aryl methyl sites for hydroxylation is 1. The van der Waals surface area contributed by atoms with Crippen molar-refractivity contribution in [1.82, 2.24) is 4.57 Å². The van der Waals surface area contributed by atoms with Gasteiger partial charge in [0.1, 0.15) is 11.2 Å². The Labute approximate surface area is 337 Å². The SMILES string of the molecule is CC1(C)c2ccccc2-c2ccc(N(c3ccccc3)c3ccc(-c4cc(-n5c6c(c7cc8ccccc8cc75)CCC=C6)cc5c4oc4ccccc45)cc3)cc21. The molecule has 0 radical (unpaired) electrons. The van der Waals surface area contributed by atoms with E-state index in [1.807, 2.05) is 0 Å². The van der Waals surface area contributed by atoms with Crippen LogP contribution in [0, 0.1) is 0 Å². The Morgan fingerprint density at radius 1 is 0.552 bits per heavy atom. The van der Waals surface area contributed by atoms with Crippen LogP contribution in [0.2, 0.25) is 0 Å². The molecular weight excluding hydrogens is 705 g/mol. The van der Waals surface area contributed by atoms with Crippen molar-refractivity contribution in [2.24, 2.45) is 0 Å². The molecule has 0 saturated heterocycles. The Hall–Kier alpha value is -7.10. The van der Waals surface area contributed by atoms with Gasteiger partial charge in [-0.25, -0.2) is 0 Å². The normalized spacial score (nSPS) is 14.0. The molecule has 0 unspecified atom stereocenters. The standard InChI is InChI=1S/C55H40N2O/c1-55(2)49-21-11-8-18-42(49)43-29-28-40(34-50(43)55)56(38-16-4-3-5-17-38)39-26-24-35(25-27-39)46-32-41(33-48-45-20-10-13-23-53(45)58-54(46)48)57-51-22-12-9-19-44(51)47-30-36-14-6-7-15-37(36)31-52(47)57/h3-8,10-18,20-34H,9,19H2,1-2H3. The molecule has 2 heterocycles. The quantitative estimate of drug-likeness (QED) is 0.175. The van der Waals surface area contributed by atoms with Crippen molar-refractivity contribution in [3.05, 3.63) is 198 Å². The molecule has 0 aliphatic heterocycles. The highest BCUT2D eigenvalue weighted by atomic mass is 16.3. The lowest BCUT2D eigenvalue weighted by Gasteiger charge is -2.28. The third-order valence-electron chi connectivity index (χ3n) is 12.8. The van der Waals surface area contributed by atoms with Gasteiger partial charge in [0.2, 0.25) is 0 Å². The number of hydrogen-bond donors (Lipinski definition) is 0. The van der Waals surface area contributed by atoms with Gasteiger partial charge in [-0.2, -0.15) is 0 Å². The first-order valence-corrected chi connectivity index (χ1v) is 20.4. The highest BCUT2D eigenvalue weighted by Crippen LogP contribution is 2.51. The van der Waals surface area contributed by atoms with E-state index in [1.54, 1.807) is 0 Å². The van der Waals surface area contributed by atoms with Gasteiger partial charge in [0.05, 0.1) is 5.52 Å². The van der Waals surface area contributed by atoms with E-state index in [9.17, 15) is 0 Å². The van der Waals surface area contributed by atoms with Gasteiger partial charge in [-0.05, 0) is 130 Å². The molecule has 10 aromatic rings. The maximum absolute atomic E-state index is 6.74. The van der Waals surface area contributed by atoms with Gasteiger partial charge in [-0.1, -0.05) is 123 Å². The third-order valence-corrected chi connectivity index (χ3v) is 12.8. The summed E-state index contributed by atoms with van der Waals surface area (Å²) in [7, 11) is 0. The number of benzene rings is 8.